The Bertz CT molecular complexity index is 174. The van der Waals surface area contributed by atoms with Gasteiger partial charge in [0.2, 0.25) is 0 Å². The van der Waals surface area contributed by atoms with Gasteiger partial charge in [-0.05, 0) is 23.7 Å². The second-order valence-electron chi connectivity index (χ2n) is 6.40. The van der Waals surface area contributed by atoms with Crippen molar-refractivity contribution in [1.82, 2.24) is 0 Å². The van der Waals surface area contributed by atoms with E-state index >= 15 is 0 Å². The molecule has 0 spiro atoms. The Hall–Kier alpha value is -0.0400. The van der Waals surface area contributed by atoms with Crippen molar-refractivity contribution in [3.05, 3.63) is 0 Å². The minimum atomic E-state index is -0.177. The van der Waals surface area contributed by atoms with Gasteiger partial charge >= 0.3 is 0 Å². The molecule has 0 bridgehead atoms. The van der Waals surface area contributed by atoms with Gasteiger partial charge in [-0.15, -0.1) is 0 Å². The molecule has 0 aromatic rings. The number of hydrogen-bond donors (Lipinski definition) is 1. The molecular formula is C15H32O. The van der Waals surface area contributed by atoms with E-state index in [1.807, 2.05) is 0 Å². The minimum Gasteiger partial charge on any atom is -0.393 e. The Morgan fingerprint density at radius 3 is 1.81 bits per heavy atom. The fourth-order valence-corrected chi connectivity index (χ4v) is 2.26. The summed E-state index contributed by atoms with van der Waals surface area (Å²) >= 11 is 0. The van der Waals surface area contributed by atoms with Gasteiger partial charge in [-0.1, -0.05) is 67.2 Å². The third kappa shape index (κ3) is 4.86. The second kappa shape index (κ2) is 6.64. The minimum absolute atomic E-state index is 0.0157. The van der Waals surface area contributed by atoms with E-state index < -0.39 is 0 Å². The molecule has 0 amide bonds. The van der Waals surface area contributed by atoms with Gasteiger partial charge in [0, 0.05) is 0 Å². The molecule has 0 aromatic carbocycles. The summed E-state index contributed by atoms with van der Waals surface area (Å²) in [6.45, 7) is 13.2. The van der Waals surface area contributed by atoms with Crippen LogP contribution in [0.5, 0.6) is 0 Å². The highest BCUT2D eigenvalue weighted by atomic mass is 16.3. The van der Waals surface area contributed by atoms with Crippen molar-refractivity contribution in [3.8, 4) is 0 Å². The lowest BCUT2D eigenvalue weighted by molar-refractivity contribution is 0.00831. The molecule has 1 atom stereocenters. The summed E-state index contributed by atoms with van der Waals surface area (Å²) in [5.74, 6) is 0. The Labute approximate surface area is 103 Å². The predicted molar refractivity (Wildman–Crippen MR) is 72.6 cm³/mol. The van der Waals surface area contributed by atoms with Gasteiger partial charge in [-0.3, -0.25) is 0 Å². The lowest BCUT2D eigenvalue weighted by atomic mass is 9.70. The quantitative estimate of drug-likeness (QED) is 0.665. The molecule has 1 N–H and O–H groups in total. The molecule has 0 rings (SSSR count). The number of rotatable bonds is 7. The summed E-state index contributed by atoms with van der Waals surface area (Å²) in [6.07, 6.45) is 6.98. The van der Waals surface area contributed by atoms with Crippen LogP contribution < -0.4 is 0 Å². The fourth-order valence-electron chi connectivity index (χ4n) is 2.26. The molecule has 1 unspecified atom stereocenters. The van der Waals surface area contributed by atoms with Crippen molar-refractivity contribution < 1.29 is 5.11 Å². The second-order valence-corrected chi connectivity index (χ2v) is 6.40. The molecule has 1 heteroatoms. The van der Waals surface area contributed by atoms with E-state index in [9.17, 15) is 5.11 Å². The average Bonchev–Trinajstić information content (AvgIpc) is 2.22. The number of aliphatic hydroxyl groups excluding tert-OH is 1. The van der Waals surface area contributed by atoms with Crippen LogP contribution in [-0.2, 0) is 0 Å². The van der Waals surface area contributed by atoms with Crippen molar-refractivity contribution >= 4 is 0 Å². The first-order chi connectivity index (χ1) is 7.31. The van der Waals surface area contributed by atoms with Crippen molar-refractivity contribution in [1.29, 1.82) is 0 Å². The van der Waals surface area contributed by atoms with Crippen LogP contribution in [0, 0.1) is 10.8 Å². The van der Waals surface area contributed by atoms with E-state index in [1.54, 1.807) is 0 Å². The molecular weight excluding hydrogens is 196 g/mol. The summed E-state index contributed by atoms with van der Waals surface area (Å²) < 4.78 is 0. The summed E-state index contributed by atoms with van der Waals surface area (Å²) in [6, 6.07) is 0. The number of aliphatic hydroxyl groups is 1. The van der Waals surface area contributed by atoms with Crippen molar-refractivity contribution in [3.63, 3.8) is 0 Å². The highest BCUT2D eigenvalue weighted by Crippen LogP contribution is 2.40. The largest absolute Gasteiger partial charge is 0.393 e. The molecule has 16 heavy (non-hydrogen) atoms. The zero-order valence-electron chi connectivity index (χ0n) is 12.3. The third-order valence-corrected chi connectivity index (χ3v) is 4.19. The molecule has 0 aromatic heterocycles. The number of hydrogen-bond acceptors (Lipinski definition) is 1. The molecule has 98 valence electrons. The maximum Gasteiger partial charge on any atom is 0.0593 e. The standard InChI is InChI=1S/C15H32O/c1-7-10-11-15(8-2,9-3)12-13(16)14(4,5)6/h13,16H,7-12H2,1-6H3. The van der Waals surface area contributed by atoms with E-state index in [0.717, 1.165) is 6.42 Å². The molecule has 0 aliphatic heterocycles. The molecule has 0 heterocycles. The fraction of sp³-hybridized carbons (Fsp3) is 1.00. The lowest BCUT2D eigenvalue weighted by Gasteiger charge is -2.38. The van der Waals surface area contributed by atoms with Gasteiger partial charge in [-0.25, -0.2) is 0 Å². The first-order valence-electron chi connectivity index (χ1n) is 6.99. The maximum atomic E-state index is 10.3. The Balaban J connectivity index is 4.53. The third-order valence-electron chi connectivity index (χ3n) is 4.19. The van der Waals surface area contributed by atoms with Crippen LogP contribution in [0.25, 0.3) is 0 Å². The normalized spacial score (nSPS) is 15.2. The van der Waals surface area contributed by atoms with Crippen molar-refractivity contribution in [2.24, 2.45) is 10.8 Å². The van der Waals surface area contributed by atoms with Crippen molar-refractivity contribution in [2.45, 2.75) is 86.2 Å². The summed E-state index contributed by atoms with van der Waals surface area (Å²) in [5, 5.41) is 10.3. The highest BCUT2D eigenvalue weighted by Gasteiger charge is 2.33. The van der Waals surface area contributed by atoms with E-state index in [0.29, 0.717) is 5.41 Å². The zero-order chi connectivity index (χ0) is 12.8. The van der Waals surface area contributed by atoms with Crippen LogP contribution in [0.1, 0.15) is 80.1 Å². The van der Waals surface area contributed by atoms with Crippen LogP contribution in [0.15, 0.2) is 0 Å². The average molecular weight is 228 g/mol. The van der Waals surface area contributed by atoms with Gasteiger partial charge < -0.3 is 5.11 Å². The monoisotopic (exact) mass is 228 g/mol. The van der Waals surface area contributed by atoms with Crippen LogP contribution in [-0.4, -0.2) is 11.2 Å². The first-order valence-corrected chi connectivity index (χ1v) is 6.99. The van der Waals surface area contributed by atoms with E-state index in [-0.39, 0.29) is 11.5 Å². The van der Waals surface area contributed by atoms with Gasteiger partial charge in [0.05, 0.1) is 6.10 Å². The van der Waals surface area contributed by atoms with Crippen LogP contribution in [0.4, 0.5) is 0 Å². The lowest BCUT2D eigenvalue weighted by Crippen LogP contribution is -2.33. The maximum absolute atomic E-state index is 10.3. The highest BCUT2D eigenvalue weighted by molar-refractivity contribution is 4.84. The van der Waals surface area contributed by atoms with Crippen LogP contribution in [0.2, 0.25) is 0 Å². The van der Waals surface area contributed by atoms with Gasteiger partial charge in [0.25, 0.3) is 0 Å². The van der Waals surface area contributed by atoms with Crippen molar-refractivity contribution in [2.75, 3.05) is 0 Å². The van der Waals surface area contributed by atoms with Gasteiger partial charge in [0.15, 0.2) is 0 Å². The molecule has 0 saturated heterocycles. The molecule has 1 nitrogen and oxygen atoms in total. The van der Waals surface area contributed by atoms with Gasteiger partial charge in [-0.2, -0.15) is 0 Å². The smallest absolute Gasteiger partial charge is 0.0593 e. The van der Waals surface area contributed by atoms with Gasteiger partial charge in [0.1, 0.15) is 0 Å². The Kier molecular flexibility index (Phi) is 6.62. The summed E-state index contributed by atoms with van der Waals surface area (Å²) in [4.78, 5) is 0. The van der Waals surface area contributed by atoms with E-state index in [4.69, 9.17) is 0 Å². The van der Waals surface area contributed by atoms with E-state index in [1.165, 1.54) is 32.1 Å². The Morgan fingerprint density at radius 1 is 1.00 bits per heavy atom. The topological polar surface area (TPSA) is 20.2 Å². The van der Waals surface area contributed by atoms with Crippen LogP contribution in [0.3, 0.4) is 0 Å². The zero-order valence-corrected chi connectivity index (χ0v) is 12.3. The molecule has 0 aliphatic rings. The molecule has 0 fully saturated rings. The SMILES string of the molecule is CCCCC(CC)(CC)CC(O)C(C)(C)C. The Morgan fingerprint density at radius 2 is 1.50 bits per heavy atom. The summed E-state index contributed by atoms with van der Waals surface area (Å²) in [5.41, 5.74) is 0.379. The first kappa shape index (κ1) is 16.0. The van der Waals surface area contributed by atoms with E-state index in [2.05, 4.69) is 41.5 Å². The van der Waals surface area contributed by atoms with Crippen LogP contribution >= 0.6 is 0 Å². The summed E-state index contributed by atoms with van der Waals surface area (Å²) in [7, 11) is 0. The predicted octanol–water partition coefficient (Wildman–Crippen LogP) is 4.78. The number of unbranched alkanes of at least 4 members (excludes halogenated alkanes) is 1. The molecule has 0 aliphatic carbocycles. The molecule has 0 saturated carbocycles. The molecule has 0 radical (unpaired) electrons.